The standard InChI is InChI=1S/C28H30Cl2N2O2S/c1-20(2)31-28(34)26(16-21-8-4-3-5-9-21)32(17-22-10-6-12-24(29)14-22)27(33)19-35-18-23-11-7-13-25(30)15-23/h3-15,20,26H,16-19H2,1-2H3,(H,31,34)/t26-/m0/s1. The van der Waals surface area contributed by atoms with Crippen molar-refractivity contribution in [1.29, 1.82) is 0 Å². The largest absolute Gasteiger partial charge is 0.352 e. The summed E-state index contributed by atoms with van der Waals surface area (Å²) in [6.45, 7) is 4.13. The third kappa shape index (κ3) is 8.92. The summed E-state index contributed by atoms with van der Waals surface area (Å²) in [4.78, 5) is 28.6. The molecule has 4 nitrogen and oxygen atoms in total. The van der Waals surface area contributed by atoms with Crippen LogP contribution in [-0.4, -0.2) is 34.6 Å². The highest BCUT2D eigenvalue weighted by molar-refractivity contribution is 7.99. The van der Waals surface area contributed by atoms with Gasteiger partial charge >= 0.3 is 0 Å². The number of benzene rings is 3. The van der Waals surface area contributed by atoms with E-state index >= 15 is 0 Å². The summed E-state index contributed by atoms with van der Waals surface area (Å²) >= 11 is 13.8. The number of carbonyl (C=O) groups excluding carboxylic acids is 2. The van der Waals surface area contributed by atoms with Crippen LogP contribution < -0.4 is 5.32 Å². The van der Waals surface area contributed by atoms with Crippen LogP contribution in [0, 0.1) is 0 Å². The molecule has 0 radical (unpaired) electrons. The number of nitrogens with zero attached hydrogens (tertiary/aromatic N) is 1. The van der Waals surface area contributed by atoms with Gasteiger partial charge in [0.25, 0.3) is 0 Å². The van der Waals surface area contributed by atoms with Gasteiger partial charge in [-0.15, -0.1) is 11.8 Å². The number of carbonyl (C=O) groups is 2. The highest BCUT2D eigenvalue weighted by Gasteiger charge is 2.30. The van der Waals surface area contributed by atoms with Crippen molar-refractivity contribution in [3.05, 3.63) is 106 Å². The minimum Gasteiger partial charge on any atom is -0.352 e. The second-order valence-electron chi connectivity index (χ2n) is 8.64. The molecule has 35 heavy (non-hydrogen) atoms. The van der Waals surface area contributed by atoms with E-state index in [-0.39, 0.29) is 23.6 Å². The van der Waals surface area contributed by atoms with Crippen LogP contribution in [0.15, 0.2) is 78.9 Å². The molecule has 3 aromatic carbocycles. The average molecular weight is 530 g/mol. The maximum absolute atomic E-state index is 13.6. The van der Waals surface area contributed by atoms with Gasteiger partial charge in [-0.2, -0.15) is 0 Å². The SMILES string of the molecule is CC(C)NC(=O)[C@H](Cc1ccccc1)N(Cc1cccc(Cl)c1)C(=O)CSCc1cccc(Cl)c1. The first-order valence-electron chi connectivity index (χ1n) is 11.5. The minimum atomic E-state index is -0.655. The second kappa shape index (κ2) is 13.6. The van der Waals surface area contributed by atoms with Crippen LogP contribution >= 0.6 is 35.0 Å². The zero-order chi connectivity index (χ0) is 25.2. The van der Waals surface area contributed by atoms with Gasteiger partial charge in [-0.05, 0) is 54.8 Å². The van der Waals surface area contributed by atoms with Gasteiger partial charge in [-0.25, -0.2) is 0 Å². The minimum absolute atomic E-state index is 0.0406. The Morgan fingerprint density at radius 2 is 1.46 bits per heavy atom. The Bertz CT molecular complexity index is 1120. The van der Waals surface area contributed by atoms with Crippen molar-refractivity contribution in [3.8, 4) is 0 Å². The topological polar surface area (TPSA) is 49.4 Å². The van der Waals surface area contributed by atoms with E-state index in [1.54, 1.807) is 11.0 Å². The van der Waals surface area contributed by atoms with Gasteiger partial charge in [0.1, 0.15) is 6.04 Å². The van der Waals surface area contributed by atoms with Crippen LogP contribution in [-0.2, 0) is 28.3 Å². The summed E-state index contributed by atoms with van der Waals surface area (Å²) in [5.74, 6) is 0.627. The van der Waals surface area contributed by atoms with Crippen molar-refractivity contribution in [1.82, 2.24) is 10.2 Å². The first kappa shape index (κ1) is 27.1. The molecular formula is C28H30Cl2N2O2S. The van der Waals surface area contributed by atoms with E-state index < -0.39 is 6.04 Å². The Morgan fingerprint density at radius 1 is 0.857 bits per heavy atom. The molecule has 0 fully saturated rings. The molecule has 0 aliphatic heterocycles. The van der Waals surface area contributed by atoms with Gasteiger partial charge < -0.3 is 10.2 Å². The van der Waals surface area contributed by atoms with Crippen LogP contribution in [0.5, 0.6) is 0 Å². The number of halogens is 2. The van der Waals surface area contributed by atoms with E-state index in [9.17, 15) is 9.59 Å². The van der Waals surface area contributed by atoms with Gasteiger partial charge in [0.2, 0.25) is 11.8 Å². The van der Waals surface area contributed by atoms with Gasteiger partial charge in [0, 0.05) is 34.8 Å². The van der Waals surface area contributed by atoms with Crippen molar-refractivity contribution in [2.24, 2.45) is 0 Å². The van der Waals surface area contributed by atoms with Gasteiger partial charge in [0.15, 0.2) is 0 Å². The zero-order valence-corrected chi connectivity index (χ0v) is 22.2. The van der Waals surface area contributed by atoms with Crippen molar-refractivity contribution in [3.63, 3.8) is 0 Å². The van der Waals surface area contributed by atoms with Crippen LogP contribution in [0.1, 0.15) is 30.5 Å². The Labute approximate surface area is 222 Å². The Hall–Kier alpha value is -2.47. The fourth-order valence-corrected chi connectivity index (χ4v) is 5.02. The predicted molar refractivity (Wildman–Crippen MR) is 147 cm³/mol. The van der Waals surface area contributed by atoms with E-state index in [2.05, 4.69) is 5.32 Å². The van der Waals surface area contributed by atoms with E-state index in [0.717, 1.165) is 16.7 Å². The zero-order valence-electron chi connectivity index (χ0n) is 19.9. The van der Waals surface area contributed by atoms with Crippen LogP contribution in [0.4, 0.5) is 0 Å². The lowest BCUT2D eigenvalue weighted by Crippen LogP contribution is -2.52. The van der Waals surface area contributed by atoms with E-state index in [0.29, 0.717) is 28.8 Å². The molecule has 1 N–H and O–H groups in total. The van der Waals surface area contributed by atoms with Crippen LogP contribution in [0.2, 0.25) is 10.0 Å². The normalized spacial score (nSPS) is 11.8. The first-order chi connectivity index (χ1) is 16.8. The summed E-state index contributed by atoms with van der Waals surface area (Å²) in [5, 5.41) is 4.27. The lowest BCUT2D eigenvalue weighted by molar-refractivity contribution is -0.139. The molecule has 2 amide bonds. The van der Waals surface area contributed by atoms with E-state index in [1.807, 2.05) is 86.6 Å². The quantitative estimate of drug-likeness (QED) is 0.313. The fourth-order valence-electron chi connectivity index (χ4n) is 3.73. The van der Waals surface area contributed by atoms with Gasteiger partial charge in [-0.1, -0.05) is 77.8 Å². The first-order valence-corrected chi connectivity index (χ1v) is 13.4. The number of thioether (sulfide) groups is 1. The Balaban J connectivity index is 1.84. The smallest absolute Gasteiger partial charge is 0.243 e. The predicted octanol–water partition coefficient (Wildman–Crippen LogP) is 6.39. The lowest BCUT2D eigenvalue weighted by atomic mass is 10.0. The molecule has 0 aliphatic rings. The second-order valence-corrected chi connectivity index (χ2v) is 10.5. The van der Waals surface area contributed by atoms with E-state index in [4.69, 9.17) is 23.2 Å². The number of amides is 2. The third-order valence-corrected chi connectivity index (χ3v) is 6.79. The molecule has 0 saturated carbocycles. The summed E-state index contributed by atoms with van der Waals surface area (Å²) in [6, 6.07) is 24.1. The monoisotopic (exact) mass is 528 g/mol. The van der Waals surface area contributed by atoms with Crippen LogP contribution in [0.25, 0.3) is 0 Å². The van der Waals surface area contributed by atoms with Gasteiger partial charge in [0.05, 0.1) is 5.75 Å². The van der Waals surface area contributed by atoms with Crippen molar-refractivity contribution in [2.45, 2.75) is 44.6 Å². The number of nitrogens with one attached hydrogen (secondary N) is 1. The Morgan fingerprint density at radius 3 is 2.09 bits per heavy atom. The summed E-state index contributed by atoms with van der Waals surface area (Å²) in [7, 11) is 0. The molecule has 3 aromatic rings. The Kier molecular flexibility index (Phi) is 10.5. The summed E-state index contributed by atoms with van der Waals surface area (Å²) in [5.41, 5.74) is 2.92. The summed E-state index contributed by atoms with van der Waals surface area (Å²) in [6.07, 6.45) is 0.421. The molecule has 0 unspecified atom stereocenters. The molecule has 0 aliphatic carbocycles. The van der Waals surface area contributed by atoms with Crippen molar-refractivity contribution < 1.29 is 9.59 Å². The molecule has 0 bridgehead atoms. The molecular weight excluding hydrogens is 499 g/mol. The lowest BCUT2D eigenvalue weighted by Gasteiger charge is -2.32. The average Bonchev–Trinajstić information content (AvgIpc) is 2.81. The molecule has 0 aromatic heterocycles. The van der Waals surface area contributed by atoms with Crippen molar-refractivity contribution >= 4 is 46.8 Å². The fraction of sp³-hybridized carbons (Fsp3) is 0.286. The highest BCUT2D eigenvalue weighted by atomic mass is 35.5. The molecule has 3 rings (SSSR count). The highest BCUT2D eigenvalue weighted by Crippen LogP contribution is 2.21. The van der Waals surface area contributed by atoms with Crippen molar-refractivity contribution in [2.75, 3.05) is 5.75 Å². The maximum atomic E-state index is 13.6. The third-order valence-electron chi connectivity index (χ3n) is 5.33. The number of rotatable bonds is 11. The number of hydrogen-bond donors (Lipinski definition) is 1. The molecule has 0 heterocycles. The van der Waals surface area contributed by atoms with Crippen LogP contribution in [0.3, 0.4) is 0 Å². The van der Waals surface area contributed by atoms with Gasteiger partial charge in [-0.3, -0.25) is 9.59 Å². The molecule has 7 heteroatoms. The van der Waals surface area contributed by atoms with E-state index in [1.165, 1.54) is 11.8 Å². The maximum Gasteiger partial charge on any atom is 0.243 e. The molecule has 184 valence electrons. The molecule has 0 spiro atoms. The molecule has 1 atom stereocenters. The summed E-state index contributed by atoms with van der Waals surface area (Å²) < 4.78 is 0. The molecule has 0 saturated heterocycles. The number of hydrogen-bond acceptors (Lipinski definition) is 3.